The predicted molar refractivity (Wildman–Crippen MR) is 78.1 cm³/mol. The van der Waals surface area contributed by atoms with Crippen LogP contribution in [0.1, 0.15) is 0 Å². The first-order valence-corrected chi connectivity index (χ1v) is 6.57. The molecule has 0 saturated carbocycles. The van der Waals surface area contributed by atoms with Crippen molar-refractivity contribution in [2.45, 2.75) is 0 Å². The van der Waals surface area contributed by atoms with Gasteiger partial charge in [-0.25, -0.2) is 9.59 Å². The van der Waals surface area contributed by atoms with E-state index in [4.69, 9.17) is 14.9 Å². The van der Waals surface area contributed by atoms with E-state index in [1.54, 1.807) is 0 Å². The van der Waals surface area contributed by atoms with Crippen LogP contribution in [0.5, 0.6) is 0 Å². The van der Waals surface area contributed by atoms with Crippen LogP contribution >= 0.6 is 0 Å². The van der Waals surface area contributed by atoms with Crippen LogP contribution in [0.2, 0.25) is 0 Å². The maximum atomic E-state index is 10.4. The molecule has 128 valence electrons. The first-order chi connectivity index (χ1) is 10.6. The molecule has 1 heterocycles. The molecule has 22 heavy (non-hydrogen) atoms. The summed E-state index contributed by atoms with van der Waals surface area (Å²) >= 11 is 0. The highest BCUT2D eigenvalue weighted by molar-refractivity contribution is 5.81. The smallest absolute Gasteiger partial charge is 0.330 e. The van der Waals surface area contributed by atoms with Gasteiger partial charge in [-0.2, -0.15) is 0 Å². The monoisotopic (exact) mass is 320 g/mol. The lowest BCUT2D eigenvalue weighted by Gasteiger charge is -2.01. The van der Waals surface area contributed by atoms with E-state index in [-0.39, 0.29) is 33.0 Å². The molecular weight excluding hydrogens is 296 g/mol. The van der Waals surface area contributed by atoms with E-state index >= 15 is 0 Å². The van der Waals surface area contributed by atoms with Crippen molar-refractivity contribution in [3.63, 3.8) is 0 Å². The molecule has 0 unspecified atom stereocenters. The zero-order chi connectivity index (χ0) is 17.1. The lowest BCUT2D eigenvalue weighted by Crippen LogP contribution is -2.09. The van der Waals surface area contributed by atoms with Crippen LogP contribution in [0.25, 0.3) is 0 Å². The number of esters is 2. The number of ether oxygens (including phenoxy) is 4. The minimum absolute atomic E-state index is 0.0184. The number of hydrogen-bond acceptors (Lipinski definition) is 8. The summed E-state index contributed by atoms with van der Waals surface area (Å²) in [6, 6.07) is 0. The summed E-state index contributed by atoms with van der Waals surface area (Å²) in [6.45, 7) is 9.04. The number of aliphatic hydroxyl groups is 2. The van der Waals surface area contributed by atoms with E-state index in [0.717, 1.165) is 25.4 Å². The molecule has 0 spiro atoms. The zero-order valence-electron chi connectivity index (χ0n) is 12.6. The summed E-state index contributed by atoms with van der Waals surface area (Å²) in [7, 11) is 0. The van der Waals surface area contributed by atoms with E-state index in [0.29, 0.717) is 6.61 Å². The highest BCUT2D eigenvalue weighted by Gasteiger charge is 1.94. The van der Waals surface area contributed by atoms with Gasteiger partial charge in [-0.3, -0.25) is 0 Å². The largest absolute Gasteiger partial charge is 0.460 e. The topological polar surface area (TPSA) is 115 Å². The van der Waals surface area contributed by atoms with Gasteiger partial charge in [0, 0.05) is 12.2 Å². The van der Waals surface area contributed by atoms with Gasteiger partial charge in [0.1, 0.15) is 13.2 Å². The first-order valence-electron chi connectivity index (χ1n) is 6.57. The fourth-order valence-electron chi connectivity index (χ4n) is 0.632. The van der Waals surface area contributed by atoms with E-state index in [2.05, 4.69) is 27.4 Å². The van der Waals surface area contributed by atoms with E-state index in [1.165, 1.54) is 0 Å². The third-order valence-corrected chi connectivity index (χ3v) is 1.58. The van der Waals surface area contributed by atoms with Crippen LogP contribution in [0.4, 0.5) is 0 Å². The quantitative estimate of drug-likeness (QED) is 0.252. The van der Waals surface area contributed by atoms with Crippen molar-refractivity contribution in [2.24, 2.45) is 0 Å². The van der Waals surface area contributed by atoms with Crippen molar-refractivity contribution in [2.75, 3.05) is 52.9 Å². The SMILES string of the molecule is C1CO1.C=CC(=O)OCCO.C=CC(=O)OCCOCCO. The molecule has 1 aliphatic rings. The van der Waals surface area contributed by atoms with Crippen molar-refractivity contribution in [1.29, 1.82) is 0 Å². The molecule has 0 radical (unpaired) electrons. The number of hydrogen-bond donors (Lipinski definition) is 2. The Morgan fingerprint density at radius 3 is 1.73 bits per heavy atom. The molecule has 2 N–H and O–H groups in total. The number of carbonyl (C=O) groups excluding carboxylic acids is 2. The Labute approximate surface area is 129 Å². The molecule has 1 rings (SSSR count). The third kappa shape index (κ3) is 26.8. The molecule has 1 fully saturated rings. The van der Waals surface area contributed by atoms with Gasteiger partial charge in [-0.15, -0.1) is 0 Å². The Bertz CT molecular complexity index is 298. The van der Waals surface area contributed by atoms with Crippen LogP contribution in [0, 0.1) is 0 Å². The first kappa shape index (κ1) is 22.5. The second-order valence-corrected chi connectivity index (χ2v) is 3.42. The van der Waals surface area contributed by atoms with E-state index in [9.17, 15) is 9.59 Å². The second kappa shape index (κ2) is 19.3. The fourth-order valence-corrected chi connectivity index (χ4v) is 0.632. The summed E-state index contributed by atoms with van der Waals surface area (Å²) in [5, 5.41) is 16.4. The molecule has 1 aliphatic heterocycles. The predicted octanol–water partition coefficient (Wildman–Crippen LogP) is -0.551. The lowest BCUT2D eigenvalue weighted by atomic mass is 10.6. The maximum absolute atomic E-state index is 10.4. The van der Waals surface area contributed by atoms with Crippen molar-refractivity contribution in [3.8, 4) is 0 Å². The number of rotatable bonds is 9. The number of aliphatic hydroxyl groups excluding tert-OH is 2. The third-order valence-electron chi connectivity index (χ3n) is 1.58. The highest BCUT2D eigenvalue weighted by Crippen LogP contribution is 1.84. The average Bonchev–Trinajstić information content (AvgIpc) is 3.41. The zero-order valence-corrected chi connectivity index (χ0v) is 12.6. The Kier molecular flexibility index (Phi) is 19.7. The molecule has 8 nitrogen and oxygen atoms in total. The summed E-state index contributed by atoms with van der Waals surface area (Å²) in [5.41, 5.74) is 0. The van der Waals surface area contributed by atoms with Crippen LogP contribution in [0.3, 0.4) is 0 Å². The summed E-state index contributed by atoms with van der Waals surface area (Å²) in [6.07, 6.45) is 2.14. The molecule has 0 aromatic rings. The van der Waals surface area contributed by atoms with Gasteiger partial charge in [0.05, 0.1) is 39.6 Å². The normalized spacial score (nSPS) is 10.8. The average molecular weight is 320 g/mol. The minimum atomic E-state index is -0.501. The number of epoxide rings is 1. The molecule has 1 saturated heterocycles. The van der Waals surface area contributed by atoms with Crippen LogP contribution in [-0.4, -0.2) is 75.0 Å². The highest BCUT2D eigenvalue weighted by atomic mass is 16.6. The van der Waals surface area contributed by atoms with Crippen molar-refractivity contribution >= 4 is 11.9 Å². The van der Waals surface area contributed by atoms with Gasteiger partial charge in [-0.05, 0) is 0 Å². The van der Waals surface area contributed by atoms with Crippen LogP contribution in [0.15, 0.2) is 25.3 Å². The Balaban J connectivity index is 0. The maximum Gasteiger partial charge on any atom is 0.330 e. The van der Waals surface area contributed by atoms with Gasteiger partial charge < -0.3 is 29.2 Å². The molecular formula is C14H24O8. The molecule has 0 amide bonds. The standard InChI is InChI=1S/C7H12O4.C5H8O3.C2H4O/c1-2-7(9)11-6-5-10-4-3-8;1-2-5(7)8-4-3-6;1-2-3-1/h2,8H,1,3-6H2;2,6H,1,3-4H2;1-2H2. The molecule has 0 aromatic carbocycles. The Morgan fingerprint density at radius 2 is 1.36 bits per heavy atom. The van der Waals surface area contributed by atoms with Gasteiger partial charge in [-0.1, -0.05) is 13.2 Å². The second-order valence-electron chi connectivity index (χ2n) is 3.42. The summed E-state index contributed by atoms with van der Waals surface area (Å²) in [5.74, 6) is -0.961. The van der Waals surface area contributed by atoms with E-state index in [1.807, 2.05) is 0 Å². The fraction of sp³-hybridized carbons (Fsp3) is 0.571. The van der Waals surface area contributed by atoms with Gasteiger partial charge in [0.2, 0.25) is 0 Å². The van der Waals surface area contributed by atoms with Gasteiger partial charge in [0.25, 0.3) is 0 Å². The Morgan fingerprint density at radius 1 is 0.909 bits per heavy atom. The van der Waals surface area contributed by atoms with Gasteiger partial charge in [0.15, 0.2) is 0 Å². The molecule has 0 aliphatic carbocycles. The van der Waals surface area contributed by atoms with Crippen LogP contribution in [-0.2, 0) is 28.5 Å². The number of carbonyl (C=O) groups is 2. The molecule has 0 aromatic heterocycles. The van der Waals surface area contributed by atoms with Crippen molar-refractivity contribution < 1.29 is 38.7 Å². The van der Waals surface area contributed by atoms with E-state index < -0.39 is 11.9 Å². The van der Waals surface area contributed by atoms with Crippen LogP contribution < -0.4 is 0 Å². The van der Waals surface area contributed by atoms with Crippen molar-refractivity contribution in [3.05, 3.63) is 25.3 Å². The Hall–Kier alpha value is -1.74. The summed E-state index contributed by atoms with van der Waals surface area (Å²) < 4.78 is 18.2. The molecule has 0 bridgehead atoms. The van der Waals surface area contributed by atoms with Crippen molar-refractivity contribution in [1.82, 2.24) is 0 Å². The molecule has 0 atom stereocenters. The van der Waals surface area contributed by atoms with Gasteiger partial charge >= 0.3 is 11.9 Å². The summed E-state index contributed by atoms with van der Waals surface area (Å²) in [4.78, 5) is 20.5. The lowest BCUT2D eigenvalue weighted by molar-refractivity contribution is -0.139. The minimum Gasteiger partial charge on any atom is -0.460 e. The molecule has 8 heteroatoms.